The molecule has 0 saturated heterocycles. The third-order valence-electron chi connectivity index (χ3n) is 2.16. The molecule has 0 spiro atoms. The number of hydrogen-bond acceptors (Lipinski definition) is 2. The summed E-state index contributed by atoms with van der Waals surface area (Å²) in [5, 5.41) is 7.02. The van der Waals surface area contributed by atoms with Crippen LogP contribution in [0.4, 0.5) is 0 Å². The SMILES string of the molecule is CC(C)(C)NCCCCCNC(C)(C)C. The van der Waals surface area contributed by atoms with Crippen molar-refractivity contribution in [2.24, 2.45) is 0 Å². The van der Waals surface area contributed by atoms with Crippen molar-refractivity contribution in [3.05, 3.63) is 0 Å². The van der Waals surface area contributed by atoms with Crippen molar-refractivity contribution < 1.29 is 0 Å². The standard InChI is InChI=1S/C13H30N2/c1-12(2,3)14-10-8-7-9-11-15-13(4,5)6/h14-15H,7-11H2,1-6H3. The van der Waals surface area contributed by atoms with Gasteiger partial charge in [-0.25, -0.2) is 0 Å². The molecule has 0 aromatic heterocycles. The second kappa shape index (κ2) is 6.49. The average Bonchev–Trinajstić information content (AvgIpc) is 1.98. The van der Waals surface area contributed by atoms with E-state index < -0.39 is 0 Å². The molecular formula is C13H30N2. The van der Waals surface area contributed by atoms with Crippen LogP contribution in [-0.4, -0.2) is 24.2 Å². The molecule has 92 valence electrons. The Morgan fingerprint density at radius 3 is 1.20 bits per heavy atom. The van der Waals surface area contributed by atoms with E-state index in [0.717, 1.165) is 13.1 Å². The van der Waals surface area contributed by atoms with Gasteiger partial charge in [0.2, 0.25) is 0 Å². The Bertz CT molecular complexity index is 133. The maximum Gasteiger partial charge on any atom is 0.00965 e. The predicted molar refractivity (Wildman–Crippen MR) is 69.4 cm³/mol. The zero-order valence-electron chi connectivity index (χ0n) is 11.5. The number of rotatable bonds is 6. The Balaban J connectivity index is 3.20. The minimum atomic E-state index is 0.268. The van der Waals surface area contributed by atoms with Crippen LogP contribution < -0.4 is 10.6 Å². The van der Waals surface area contributed by atoms with Gasteiger partial charge in [0.15, 0.2) is 0 Å². The van der Waals surface area contributed by atoms with Crippen LogP contribution >= 0.6 is 0 Å². The van der Waals surface area contributed by atoms with Crippen molar-refractivity contribution in [2.75, 3.05) is 13.1 Å². The summed E-state index contributed by atoms with van der Waals surface area (Å²) in [5.74, 6) is 0. The second-order valence-electron chi connectivity index (χ2n) is 6.41. The minimum Gasteiger partial charge on any atom is -0.312 e. The smallest absolute Gasteiger partial charge is 0.00965 e. The lowest BCUT2D eigenvalue weighted by atomic mass is 10.1. The molecule has 0 aliphatic carbocycles. The summed E-state index contributed by atoms with van der Waals surface area (Å²) in [7, 11) is 0. The molecule has 0 unspecified atom stereocenters. The molecule has 2 nitrogen and oxygen atoms in total. The van der Waals surface area contributed by atoms with Gasteiger partial charge in [0.05, 0.1) is 0 Å². The molecule has 15 heavy (non-hydrogen) atoms. The van der Waals surface area contributed by atoms with E-state index in [-0.39, 0.29) is 11.1 Å². The molecule has 0 heterocycles. The summed E-state index contributed by atoms with van der Waals surface area (Å²) in [6, 6.07) is 0. The Morgan fingerprint density at radius 1 is 0.600 bits per heavy atom. The van der Waals surface area contributed by atoms with Crippen LogP contribution in [-0.2, 0) is 0 Å². The summed E-state index contributed by atoms with van der Waals surface area (Å²) in [6.07, 6.45) is 3.87. The van der Waals surface area contributed by atoms with E-state index >= 15 is 0 Å². The Morgan fingerprint density at radius 2 is 0.933 bits per heavy atom. The van der Waals surface area contributed by atoms with Gasteiger partial charge in [0.25, 0.3) is 0 Å². The third-order valence-corrected chi connectivity index (χ3v) is 2.16. The lowest BCUT2D eigenvalue weighted by Crippen LogP contribution is -2.37. The first-order chi connectivity index (χ1) is 6.71. The van der Waals surface area contributed by atoms with E-state index in [1.807, 2.05) is 0 Å². The van der Waals surface area contributed by atoms with Crippen LogP contribution in [0.5, 0.6) is 0 Å². The fourth-order valence-electron chi connectivity index (χ4n) is 1.35. The third kappa shape index (κ3) is 13.9. The van der Waals surface area contributed by atoms with E-state index in [2.05, 4.69) is 52.2 Å². The lowest BCUT2D eigenvalue weighted by molar-refractivity contribution is 0.400. The molecule has 0 saturated carbocycles. The van der Waals surface area contributed by atoms with Crippen LogP contribution in [0.2, 0.25) is 0 Å². The van der Waals surface area contributed by atoms with Gasteiger partial charge in [-0.3, -0.25) is 0 Å². The first-order valence-electron chi connectivity index (χ1n) is 6.21. The number of nitrogens with one attached hydrogen (secondary N) is 2. The molecule has 2 heteroatoms. The Kier molecular flexibility index (Phi) is 6.46. The Hall–Kier alpha value is -0.0800. The highest BCUT2D eigenvalue weighted by Gasteiger charge is 2.08. The summed E-state index contributed by atoms with van der Waals surface area (Å²) in [5.41, 5.74) is 0.535. The second-order valence-corrected chi connectivity index (χ2v) is 6.41. The highest BCUT2D eigenvalue weighted by Crippen LogP contribution is 2.02. The van der Waals surface area contributed by atoms with Crippen molar-refractivity contribution in [3.8, 4) is 0 Å². The zero-order chi connectivity index (χ0) is 11.9. The van der Waals surface area contributed by atoms with Gasteiger partial charge in [-0.1, -0.05) is 6.42 Å². The highest BCUT2D eigenvalue weighted by atomic mass is 14.9. The zero-order valence-corrected chi connectivity index (χ0v) is 11.5. The molecule has 0 aliphatic rings. The minimum absolute atomic E-state index is 0.268. The van der Waals surface area contributed by atoms with Crippen molar-refractivity contribution in [2.45, 2.75) is 71.9 Å². The van der Waals surface area contributed by atoms with E-state index in [0.29, 0.717) is 0 Å². The van der Waals surface area contributed by atoms with Gasteiger partial charge < -0.3 is 10.6 Å². The molecule has 0 aromatic carbocycles. The van der Waals surface area contributed by atoms with Crippen molar-refractivity contribution in [3.63, 3.8) is 0 Å². The van der Waals surface area contributed by atoms with Crippen LogP contribution in [0.3, 0.4) is 0 Å². The molecule has 0 aromatic rings. The quantitative estimate of drug-likeness (QED) is 0.664. The molecule has 0 bridgehead atoms. The summed E-state index contributed by atoms with van der Waals surface area (Å²) in [4.78, 5) is 0. The van der Waals surface area contributed by atoms with Crippen molar-refractivity contribution in [1.82, 2.24) is 10.6 Å². The van der Waals surface area contributed by atoms with Crippen LogP contribution in [0.1, 0.15) is 60.8 Å². The van der Waals surface area contributed by atoms with Gasteiger partial charge in [-0.05, 0) is 67.5 Å². The summed E-state index contributed by atoms with van der Waals surface area (Å²) in [6.45, 7) is 15.6. The van der Waals surface area contributed by atoms with E-state index in [4.69, 9.17) is 0 Å². The van der Waals surface area contributed by atoms with Gasteiger partial charge in [-0.15, -0.1) is 0 Å². The topological polar surface area (TPSA) is 24.1 Å². The van der Waals surface area contributed by atoms with Crippen LogP contribution in [0.25, 0.3) is 0 Å². The van der Waals surface area contributed by atoms with Crippen molar-refractivity contribution in [1.29, 1.82) is 0 Å². The molecule has 0 rings (SSSR count). The normalized spacial score (nSPS) is 13.2. The maximum absolute atomic E-state index is 3.51. The molecule has 0 amide bonds. The lowest BCUT2D eigenvalue weighted by Gasteiger charge is -2.21. The average molecular weight is 214 g/mol. The molecule has 0 radical (unpaired) electrons. The molecule has 0 atom stereocenters. The van der Waals surface area contributed by atoms with E-state index in [1.54, 1.807) is 0 Å². The summed E-state index contributed by atoms with van der Waals surface area (Å²) < 4.78 is 0. The first-order valence-corrected chi connectivity index (χ1v) is 6.21. The van der Waals surface area contributed by atoms with Gasteiger partial charge in [0.1, 0.15) is 0 Å². The first kappa shape index (κ1) is 14.9. The maximum atomic E-state index is 3.51. The molecule has 0 aliphatic heterocycles. The van der Waals surface area contributed by atoms with Crippen LogP contribution in [0, 0.1) is 0 Å². The fourth-order valence-corrected chi connectivity index (χ4v) is 1.35. The fraction of sp³-hybridized carbons (Fsp3) is 1.00. The van der Waals surface area contributed by atoms with Gasteiger partial charge >= 0.3 is 0 Å². The van der Waals surface area contributed by atoms with Gasteiger partial charge in [-0.2, -0.15) is 0 Å². The monoisotopic (exact) mass is 214 g/mol. The Labute approximate surface area is 96.2 Å². The molecule has 2 N–H and O–H groups in total. The molecule has 0 fully saturated rings. The predicted octanol–water partition coefficient (Wildman–Crippen LogP) is 2.93. The van der Waals surface area contributed by atoms with Crippen molar-refractivity contribution >= 4 is 0 Å². The summed E-state index contributed by atoms with van der Waals surface area (Å²) >= 11 is 0. The van der Waals surface area contributed by atoms with Gasteiger partial charge in [0, 0.05) is 11.1 Å². The largest absolute Gasteiger partial charge is 0.312 e. The number of hydrogen-bond donors (Lipinski definition) is 2. The van der Waals surface area contributed by atoms with E-state index in [1.165, 1.54) is 19.3 Å². The number of unbranched alkanes of at least 4 members (excludes halogenated alkanes) is 2. The molecular weight excluding hydrogens is 184 g/mol. The highest BCUT2D eigenvalue weighted by molar-refractivity contribution is 4.71. The van der Waals surface area contributed by atoms with Crippen LogP contribution in [0.15, 0.2) is 0 Å². The van der Waals surface area contributed by atoms with E-state index in [9.17, 15) is 0 Å².